The summed E-state index contributed by atoms with van der Waals surface area (Å²) >= 11 is 2.92. The zero-order valence-electron chi connectivity index (χ0n) is 20.2. The van der Waals surface area contributed by atoms with Crippen molar-refractivity contribution in [3.63, 3.8) is 0 Å². The second kappa shape index (κ2) is 9.42. The van der Waals surface area contributed by atoms with E-state index in [9.17, 15) is 9.59 Å². The molecule has 1 amide bonds. The van der Waals surface area contributed by atoms with Gasteiger partial charge in [-0.05, 0) is 43.3 Å². The van der Waals surface area contributed by atoms with Crippen molar-refractivity contribution in [3.8, 4) is 0 Å². The number of nitrogens with one attached hydrogen (secondary N) is 1. The van der Waals surface area contributed by atoms with Crippen LogP contribution < -0.4 is 30.1 Å². The fraction of sp³-hybridized carbons (Fsp3) is 0.107. The SMILES string of the molecule is CCn1c(=O)/c(=C2/Sc3ccccc3N2C)s/c1=C1/C(=O)N(c2ccccc2)NC1=Nc1ccccc1. The van der Waals surface area contributed by atoms with Gasteiger partial charge in [-0.2, -0.15) is 0 Å². The Labute approximate surface area is 221 Å². The highest BCUT2D eigenvalue weighted by atomic mass is 32.2. The number of fused-ring (bicyclic) bond motifs is 1. The van der Waals surface area contributed by atoms with Gasteiger partial charge in [-0.25, -0.2) is 10.0 Å². The van der Waals surface area contributed by atoms with E-state index in [2.05, 4.69) is 11.5 Å². The van der Waals surface area contributed by atoms with Gasteiger partial charge in [-0.1, -0.05) is 60.3 Å². The topological polar surface area (TPSA) is 69.9 Å². The van der Waals surface area contributed by atoms with Gasteiger partial charge in [0, 0.05) is 18.5 Å². The maximum absolute atomic E-state index is 13.9. The average Bonchev–Trinajstić information content (AvgIpc) is 3.55. The summed E-state index contributed by atoms with van der Waals surface area (Å²) in [5.74, 6) is 0.160. The first-order valence-corrected chi connectivity index (χ1v) is 13.5. The number of hydrogen-bond donors (Lipinski definition) is 1. The van der Waals surface area contributed by atoms with Crippen LogP contribution in [0.4, 0.5) is 17.1 Å². The molecule has 37 heavy (non-hydrogen) atoms. The number of thioether (sulfide) groups is 1. The summed E-state index contributed by atoms with van der Waals surface area (Å²) in [6.45, 7) is 2.35. The van der Waals surface area contributed by atoms with Crippen molar-refractivity contribution >= 4 is 62.5 Å². The predicted molar refractivity (Wildman–Crippen MR) is 152 cm³/mol. The molecule has 1 aromatic heterocycles. The molecule has 3 aromatic carbocycles. The summed E-state index contributed by atoms with van der Waals surface area (Å²) in [6.07, 6.45) is 0. The molecule has 184 valence electrons. The molecular formula is C28H23N5O2S2. The van der Waals surface area contributed by atoms with E-state index in [-0.39, 0.29) is 11.5 Å². The Morgan fingerprint density at radius 2 is 1.57 bits per heavy atom. The maximum Gasteiger partial charge on any atom is 0.283 e. The van der Waals surface area contributed by atoms with E-state index in [1.165, 1.54) is 16.3 Å². The van der Waals surface area contributed by atoms with Crippen LogP contribution in [-0.2, 0) is 11.3 Å². The summed E-state index contributed by atoms with van der Waals surface area (Å²) in [5.41, 5.74) is 5.93. The van der Waals surface area contributed by atoms with Gasteiger partial charge in [0.1, 0.15) is 19.8 Å². The number of carbonyl (C=O) groups is 1. The third-order valence-electron chi connectivity index (χ3n) is 6.23. The van der Waals surface area contributed by atoms with Crippen LogP contribution in [0, 0.1) is 0 Å². The van der Waals surface area contributed by atoms with E-state index in [0.717, 1.165) is 15.6 Å². The Morgan fingerprint density at radius 1 is 0.892 bits per heavy atom. The van der Waals surface area contributed by atoms with Gasteiger partial charge >= 0.3 is 0 Å². The highest BCUT2D eigenvalue weighted by Crippen LogP contribution is 2.44. The lowest BCUT2D eigenvalue weighted by atomic mass is 10.2. The molecule has 9 heteroatoms. The number of nitrogens with zero attached hydrogens (tertiary/aromatic N) is 4. The summed E-state index contributed by atoms with van der Waals surface area (Å²) in [4.78, 5) is 35.5. The minimum atomic E-state index is -0.253. The lowest BCUT2D eigenvalue weighted by molar-refractivity contribution is -0.113. The summed E-state index contributed by atoms with van der Waals surface area (Å²) < 4.78 is 2.87. The number of hydrogen-bond acceptors (Lipinski definition) is 6. The lowest BCUT2D eigenvalue weighted by Gasteiger charge is -2.14. The fourth-order valence-electron chi connectivity index (χ4n) is 4.41. The smallest absolute Gasteiger partial charge is 0.283 e. The van der Waals surface area contributed by atoms with Crippen LogP contribution in [0.3, 0.4) is 0 Å². The van der Waals surface area contributed by atoms with Crippen LogP contribution >= 0.6 is 23.1 Å². The molecule has 1 fully saturated rings. The Bertz CT molecular complexity index is 1730. The maximum atomic E-state index is 13.9. The third kappa shape index (κ3) is 3.96. The number of benzene rings is 3. The Morgan fingerprint density at radius 3 is 2.27 bits per heavy atom. The van der Waals surface area contributed by atoms with Crippen LogP contribution in [-0.4, -0.2) is 23.4 Å². The molecule has 0 unspecified atom stereocenters. The predicted octanol–water partition coefficient (Wildman–Crippen LogP) is 3.67. The number of anilines is 2. The van der Waals surface area contributed by atoms with E-state index in [4.69, 9.17) is 4.99 Å². The van der Waals surface area contributed by atoms with Gasteiger partial charge in [0.2, 0.25) is 0 Å². The lowest BCUT2D eigenvalue weighted by Crippen LogP contribution is -2.35. The highest BCUT2D eigenvalue weighted by Gasteiger charge is 2.35. The molecule has 3 heterocycles. The van der Waals surface area contributed by atoms with Crippen molar-refractivity contribution in [3.05, 3.63) is 104 Å². The second-order valence-electron chi connectivity index (χ2n) is 8.48. The Kier molecular flexibility index (Phi) is 5.94. The Hall–Kier alpha value is -4.08. The van der Waals surface area contributed by atoms with Gasteiger partial charge in [-0.3, -0.25) is 19.6 Å². The molecule has 2 aliphatic rings. The molecule has 0 radical (unpaired) electrons. The van der Waals surface area contributed by atoms with Crippen molar-refractivity contribution in [2.75, 3.05) is 17.0 Å². The molecule has 1 N–H and O–H groups in total. The van der Waals surface area contributed by atoms with Crippen molar-refractivity contribution in [1.82, 2.24) is 9.99 Å². The molecule has 6 rings (SSSR count). The zero-order chi connectivity index (χ0) is 25.5. The molecular weight excluding hydrogens is 502 g/mol. The van der Waals surface area contributed by atoms with Crippen molar-refractivity contribution in [2.45, 2.75) is 18.4 Å². The largest absolute Gasteiger partial charge is 0.337 e. The number of amides is 1. The van der Waals surface area contributed by atoms with Crippen LogP contribution in [0.1, 0.15) is 6.92 Å². The molecule has 0 aliphatic carbocycles. The van der Waals surface area contributed by atoms with E-state index < -0.39 is 0 Å². The van der Waals surface area contributed by atoms with Crippen molar-refractivity contribution < 1.29 is 4.79 Å². The number of aromatic nitrogens is 1. The standard InChI is InChI=1S/C28H23N5O2S2/c1-3-32-26(35)23(28-31(2)20-16-10-11-17-21(20)36-28)37-27(32)22-24(29-18-12-6-4-7-13-18)30-33(25(22)34)19-14-8-5-9-15-19/h4-17H,3H2,1-2H3,(H,29,30)/b27-22+,28-23-. The fourth-order valence-corrected chi connectivity index (χ4v) is 6.96. The first-order chi connectivity index (χ1) is 18.1. The number of amidine groups is 1. The zero-order valence-corrected chi connectivity index (χ0v) is 21.8. The van der Waals surface area contributed by atoms with Crippen LogP contribution in [0.2, 0.25) is 0 Å². The van der Waals surface area contributed by atoms with Crippen molar-refractivity contribution in [1.29, 1.82) is 0 Å². The van der Waals surface area contributed by atoms with Crippen molar-refractivity contribution in [2.24, 2.45) is 4.99 Å². The number of para-hydroxylation sites is 3. The van der Waals surface area contributed by atoms with E-state index in [0.29, 0.717) is 38.5 Å². The molecule has 0 spiro atoms. The number of rotatable bonds is 3. The third-order valence-corrected chi connectivity index (χ3v) is 8.78. The first-order valence-electron chi connectivity index (χ1n) is 11.9. The van der Waals surface area contributed by atoms with Gasteiger partial charge in [0.05, 0.1) is 17.1 Å². The number of aliphatic imine (C=N–C) groups is 1. The minimum Gasteiger partial charge on any atom is -0.337 e. The average molecular weight is 526 g/mol. The van der Waals surface area contributed by atoms with E-state index in [1.54, 1.807) is 16.3 Å². The number of hydrazine groups is 1. The summed E-state index contributed by atoms with van der Waals surface area (Å²) in [5, 5.41) is 2.35. The van der Waals surface area contributed by atoms with Gasteiger partial charge in [0.25, 0.3) is 11.5 Å². The normalized spacial score (nSPS) is 19.0. The van der Waals surface area contributed by atoms with Gasteiger partial charge < -0.3 is 4.90 Å². The monoisotopic (exact) mass is 525 g/mol. The highest BCUT2D eigenvalue weighted by molar-refractivity contribution is 8.08. The number of thiazole rings is 1. The van der Waals surface area contributed by atoms with E-state index in [1.807, 2.05) is 97.7 Å². The quantitative estimate of drug-likeness (QED) is 0.442. The second-order valence-corrected chi connectivity index (χ2v) is 10.5. The number of carbonyl (C=O) groups excluding carboxylic acids is 1. The molecule has 7 nitrogen and oxygen atoms in total. The molecule has 0 atom stereocenters. The molecule has 2 aliphatic heterocycles. The van der Waals surface area contributed by atoms with E-state index >= 15 is 0 Å². The summed E-state index contributed by atoms with van der Waals surface area (Å²) in [6, 6.07) is 26.9. The van der Waals surface area contributed by atoms with Gasteiger partial charge in [0.15, 0.2) is 5.84 Å². The minimum absolute atomic E-state index is 0.109. The van der Waals surface area contributed by atoms with Gasteiger partial charge in [-0.15, -0.1) is 11.3 Å². The van der Waals surface area contributed by atoms with Crippen LogP contribution in [0.15, 0.2) is 99.6 Å². The molecule has 4 aromatic rings. The van der Waals surface area contributed by atoms with Crippen LogP contribution in [0.5, 0.6) is 0 Å². The first kappa shape index (κ1) is 23.3. The molecule has 0 bridgehead atoms. The summed E-state index contributed by atoms with van der Waals surface area (Å²) in [7, 11) is 1.97. The molecule has 0 saturated carbocycles. The molecule has 1 saturated heterocycles. The Balaban J connectivity index is 1.61. The van der Waals surface area contributed by atoms with Crippen LogP contribution in [0.25, 0.3) is 10.6 Å².